The van der Waals surface area contributed by atoms with E-state index in [0.29, 0.717) is 30.9 Å². The third-order valence-corrected chi connectivity index (χ3v) is 5.20. The summed E-state index contributed by atoms with van der Waals surface area (Å²) in [4.78, 5) is 51.3. The summed E-state index contributed by atoms with van der Waals surface area (Å²) in [6.45, 7) is 9.97. The highest BCUT2D eigenvalue weighted by Crippen LogP contribution is 2.25. The van der Waals surface area contributed by atoms with Gasteiger partial charge in [0.15, 0.2) is 12.2 Å². The molecule has 0 spiro atoms. The fourth-order valence-electron chi connectivity index (χ4n) is 3.36. The van der Waals surface area contributed by atoms with Crippen LogP contribution >= 0.6 is 0 Å². The van der Waals surface area contributed by atoms with E-state index in [1.165, 1.54) is 6.92 Å². The lowest BCUT2D eigenvalue weighted by molar-refractivity contribution is -0.182. The molecule has 2 amide bonds. The zero-order valence-electron chi connectivity index (χ0n) is 20.8. The number of carbonyl (C=O) groups is 4. The van der Waals surface area contributed by atoms with Crippen molar-refractivity contribution in [2.24, 2.45) is 11.8 Å². The monoisotopic (exact) mass is 479 g/mol. The van der Waals surface area contributed by atoms with Crippen molar-refractivity contribution in [2.75, 3.05) is 13.6 Å². The molecule has 190 valence electrons. The molecule has 4 atom stereocenters. The largest absolute Gasteiger partial charge is 0.423 e. The van der Waals surface area contributed by atoms with Crippen LogP contribution in [-0.2, 0) is 33.4 Å². The van der Waals surface area contributed by atoms with Crippen LogP contribution in [0.15, 0.2) is 24.0 Å². The molecule has 4 unspecified atom stereocenters. The van der Waals surface area contributed by atoms with E-state index in [4.69, 9.17) is 14.2 Å². The Morgan fingerprint density at radius 1 is 1.09 bits per heavy atom. The zero-order chi connectivity index (χ0) is 25.4. The lowest BCUT2D eigenvalue weighted by Gasteiger charge is -2.20. The van der Waals surface area contributed by atoms with Gasteiger partial charge in [0.1, 0.15) is 6.04 Å². The maximum absolute atomic E-state index is 12.6. The molecule has 0 aromatic heterocycles. The maximum Gasteiger partial charge on any atom is 0.341 e. The van der Waals surface area contributed by atoms with Crippen LogP contribution in [-0.4, -0.2) is 66.8 Å². The van der Waals surface area contributed by atoms with Gasteiger partial charge < -0.3 is 29.7 Å². The Morgan fingerprint density at radius 3 is 2.41 bits per heavy atom. The van der Waals surface area contributed by atoms with Crippen molar-refractivity contribution < 1.29 is 33.4 Å². The van der Waals surface area contributed by atoms with E-state index in [0.717, 1.165) is 6.42 Å². The quantitative estimate of drug-likeness (QED) is 0.246. The number of nitrogens with zero attached hydrogens (tertiary/aromatic N) is 1. The molecule has 34 heavy (non-hydrogen) atoms. The standard InChI is InChI=1S/C24H37N3O7/c1-14(2)9-10-25-21(28)18(12-15(3)4)26-22(29)19-20(34-19)24(31)33-16(5)32-23(30)17-8-7-11-27(6)13-17/h7,11,13-16,18-20H,8-10,12H2,1-6H3,(H,25,28)(H,26,29). The van der Waals surface area contributed by atoms with Crippen molar-refractivity contribution in [2.45, 2.75) is 78.4 Å². The van der Waals surface area contributed by atoms with Gasteiger partial charge in [0.25, 0.3) is 5.91 Å². The van der Waals surface area contributed by atoms with E-state index in [-0.39, 0.29) is 11.8 Å². The Kier molecular flexibility index (Phi) is 10.1. The van der Waals surface area contributed by atoms with E-state index in [1.54, 1.807) is 18.1 Å². The summed E-state index contributed by atoms with van der Waals surface area (Å²) in [6, 6.07) is -0.726. The fraction of sp³-hybridized carbons (Fsp3) is 0.667. The predicted molar refractivity (Wildman–Crippen MR) is 124 cm³/mol. The Labute approximate surface area is 201 Å². The fourth-order valence-corrected chi connectivity index (χ4v) is 3.36. The second-order valence-electron chi connectivity index (χ2n) is 9.46. The number of hydrogen-bond donors (Lipinski definition) is 2. The number of hydrogen-bond acceptors (Lipinski definition) is 8. The van der Waals surface area contributed by atoms with Crippen molar-refractivity contribution in [1.29, 1.82) is 0 Å². The molecule has 0 radical (unpaired) electrons. The van der Waals surface area contributed by atoms with E-state index in [9.17, 15) is 19.2 Å². The highest BCUT2D eigenvalue weighted by molar-refractivity contribution is 5.95. The maximum atomic E-state index is 12.6. The molecule has 2 N–H and O–H groups in total. The van der Waals surface area contributed by atoms with Crippen LogP contribution in [0.4, 0.5) is 0 Å². The molecule has 2 heterocycles. The molecule has 0 bridgehead atoms. The molecule has 2 aliphatic heterocycles. The second kappa shape index (κ2) is 12.5. The number of allylic oxidation sites excluding steroid dienone is 1. The number of amides is 2. The van der Waals surface area contributed by atoms with E-state index >= 15 is 0 Å². The average Bonchev–Trinajstić information content (AvgIpc) is 3.53. The first-order valence-corrected chi connectivity index (χ1v) is 11.7. The van der Waals surface area contributed by atoms with Gasteiger partial charge in [0.05, 0.1) is 5.57 Å². The molecule has 2 aliphatic rings. The van der Waals surface area contributed by atoms with Crippen LogP contribution in [0.5, 0.6) is 0 Å². The minimum absolute atomic E-state index is 0.173. The summed E-state index contributed by atoms with van der Waals surface area (Å²) in [5.74, 6) is -1.60. The molecular weight excluding hydrogens is 442 g/mol. The summed E-state index contributed by atoms with van der Waals surface area (Å²) >= 11 is 0. The van der Waals surface area contributed by atoms with E-state index in [1.807, 2.05) is 26.1 Å². The second-order valence-corrected chi connectivity index (χ2v) is 9.46. The lowest BCUT2D eigenvalue weighted by Crippen LogP contribution is -2.49. The average molecular weight is 480 g/mol. The SMILES string of the molecule is CC(C)CCNC(=O)C(CC(C)C)NC(=O)C1OC1C(=O)OC(C)OC(=O)C1=CN(C)C=CC1. The third kappa shape index (κ3) is 8.81. The smallest absolute Gasteiger partial charge is 0.341 e. The summed E-state index contributed by atoms with van der Waals surface area (Å²) < 4.78 is 15.5. The van der Waals surface area contributed by atoms with Gasteiger partial charge >= 0.3 is 11.9 Å². The third-order valence-electron chi connectivity index (χ3n) is 5.20. The number of nitrogens with one attached hydrogen (secondary N) is 2. The Hall–Kier alpha value is -2.88. The molecule has 10 nitrogen and oxygen atoms in total. The van der Waals surface area contributed by atoms with Crippen LogP contribution < -0.4 is 10.6 Å². The van der Waals surface area contributed by atoms with Crippen molar-refractivity contribution in [3.63, 3.8) is 0 Å². The van der Waals surface area contributed by atoms with E-state index in [2.05, 4.69) is 24.5 Å². The number of ether oxygens (including phenoxy) is 3. The molecule has 0 aliphatic carbocycles. The van der Waals surface area contributed by atoms with Crippen LogP contribution in [0.2, 0.25) is 0 Å². The van der Waals surface area contributed by atoms with Crippen molar-refractivity contribution in [1.82, 2.24) is 15.5 Å². The summed E-state index contributed by atoms with van der Waals surface area (Å²) in [7, 11) is 1.78. The summed E-state index contributed by atoms with van der Waals surface area (Å²) in [5.41, 5.74) is 0.427. The minimum atomic E-state index is -1.15. The topological polar surface area (TPSA) is 127 Å². The molecule has 2 rings (SSSR count). The lowest BCUT2D eigenvalue weighted by atomic mass is 10.0. The van der Waals surface area contributed by atoms with Crippen LogP contribution in [0.1, 0.15) is 53.9 Å². The van der Waals surface area contributed by atoms with Gasteiger partial charge in [-0.1, -0.05) is 33.8 Å². The Balaban J connectivity index is 1.81. The highest BCUT2D eigenvalue weighted by Gasteiger charge is 2.52. The van der Waals surface area contributed by atoms with Crippen LogP contribution in [0.3, 0.4) is 0 Å². The molecular formula is C24H37N3O7. The number of esters is 2. The van der Waals surface area contributed by atoms with E-state index < -0.39 is 42.4 Å². The summed E-state index contributed by atoms with van der Waals surface area (Å²) in [5, 5.41) is 5.52. The van der Waals surface area contributed by atoms with Gasteiger partial charge in [-0.05, 0) is 30.9 Å². The zero-order valence-corrected chi connectivity index (χ0v) is 20.8. The molecule has 10 heteroatoms. The Bertz CT molecular complexity index is 821. The van der Waals surface area contributed by atoms with Gasteiger partial charge in [-0.25, -0.2) is 9.59 Å². The number of epoxide rings is 1. The van der Waals surface area contributed by atoms with Crippen LogP contribution in [0.25, 0.3) is 0 Å². The first-order valence-electron chi connectivity index (χ1n) is 11.7. The summed E-state index contributed by atoms with van der Waals surface area (Å²) in [6.07, 6.45) is 3.67. The van der Waals surface area contributed by atoms with Crippen molar-refractivity contribution in [3.8, 4) is 0 Å². The first-order chi connectivity index (χ1) is 16.0. The number of carbonyl (C=O) groups excluding carboxylic acids is 4. The Morgan fingerprint density at radius 2 is 1.79 bits per heavy atom. The number of rotatable bonds is 12. The molecule has 1 fully saturated rings. The van der Waals surface area contributed by atoms with Crippen molar-refractivity contribution >= 4 is 23.8 Å². The van der Waals surface area contributed by atoms with Gasteiger partial charge in [0, 0.05) is 33.1 Å². The van der Waals surface area contributed by atoms with Gasteiger partial charge in [-0.3, -0.25) is 9.59 Å². The predicted octanol–water partition coefficient (Wildman–Crippen LogP) is 1.61. The van der Waals surface area contributed by atoms with Gasteiger partial charge in [-0.2, -0.15) is 0 Å². The van der Waals surface area contributed by atoms with Gasteiger partial charge in [-0.15, -0.1) is 0 Å². The highest BCUT2D eigenvalue weighted by atomic mass is 16.7. The minimum Gasteiger partial charge on any atom is -0.423 e. The van der Waals surface area contributed by atoms with Gasteiger partial charge in [0.2, 0.25) is 12.2 Å². The molecule has 0 aromatic rings. The molecule has 0 aromatic carbocycles. The molecule has 0 saturated carbocycles. The normalized spacial score (nSPS) is 20.9. The van der Waals surface area contributed by atoms with Crippen molar-refractivity contribution in [3.05, 3.63) is 24.0 Å². The molecule has 1 saturated heterocycles. The van der Waals surface area contributed by atoms with Crippen LogP contribution in [0, 0.1) is 11.8 Å². The first kappa shape index (κ1) is 27.4.